The molecule has 0 radical (unpaired) electrons. The molecule has 1 heterocycles. The van der Waals surface area contributed by atoms with Crippen molar-refractivity contribution in [3.63, 3.8) is 0 Å². The van der Waals surface area contributed by atoms with Gasteiger partial charge in [0.05, 0.1) is 22.4 Å². The maximum atomic E-state index is 2.51. The number of anilines is 3. The van der Waals surface area contributed by atoms with E-state index >= 15 is 0 Å². The number of para-hydroxylation sites is 2. The molecule has 268 valence electrons. The minimum absolute atomic E-state index is 0.0103. The van der Waals surface area contributed by atoms with E-state index in [1.165, 1.54) is 87.9 Å². The molecule has 0 spiro atoms. The lowest BCUT2D eigenvalue weighted by molar-refractivity contribution is 0.568. The SMILES string of the molecule is CC(C)(C)c1ccc(N(c2cc(C(C)(C)C)cc(C(C)(C)C)c2)c2ccc3ccc4c(-n5c6ccccc6c6ccccc65)ccc5ccc2c3c54)cc1. The van der Waals surface area contributed by atoms with Gasteiger partial charge in [-0.1, -0.05) is 153 Å². The molecule has 0 saturated heterocycles. The van der Waals surface area contributed by atoms with Crippen molar-refractivity contribution in [1.29, 1.82) is 0 Å². The van der Waals surface area contributed by atoms with Crippen molar-refractivity contribution in [1.82, 2.24) is 4.57 Å². The van der Waals surface area contributed by atoms with E-state index in [-0.39, 0.29) is 16.2 Å². The van der Waals surface area contributed by atoms with Crippen LogP contribution in [-0.4, -0.2) is 4.57 Å². The Hall–Kier alpha value is -5.60. The van der Waals surface area contributed by atoms with E-state index in [2.05, 4.69) is 211 Å². The predicted octanol–water partition coefficient (Wildman–Crippen LogP) is 15.0. The molecule has 2 heteroatoms. The van der Waals surface area contributed by atoms with Crippen molar-refractivity contribution < 1.29 is 0 Å². The van der Waals surface area contributed by atoms with Gasteiger partial charge in [-0.3, -0.25) is 0 Å². The minimum atomic E-state index is -0.0103. The number of aromatic nitrogens is 1. The number of nitrogens with zero attached hydrogens (tertiary/aromatic N) is 2. The maximum absolute atomic E-state index is 2.51. The summed E-state index contributed by atoms with van der Waals surface area (Å²) in [5.74, 6) is 0. The fourth-order valence-electron chi connectivity index (χ4n) is 8.49. The van der Waals surface area contributed by atoms with Crippen LogP contribution in [0.2, 0.25) is 0 Å². The molecule has 8 aromatic carbocycles. The summed E-state index contributed by atoms with van der Waals surface area (Å²) in [7, 11) is 0. The Kier molecular flexibility index (Phi) is 7.57. The van der Waals surface area contributed by atoms with Gasteiger partial charge in [0, 0.05) is 32.9 Å². The molecule has 2 nitrogen and oxygen atoms in total. The highest BCUT2D eigenvalue weighted by molar-refractivity contribution is 6.27. The second kappa shape index (κ2) is 12.0. The Bertz CT molecular complexity index is 2780. The molecule has 9 rings (SSSR count). The third-order valence-electron chi connectivity index (χ3n) is 11.6. The lowest BCUT2D eigenvalue weighted by Gasteiger charge is -2.32. The summed E-state index contributed by atoms with van der Waals surface area (Å²) in [5.41, 5.74) is 11.3. The average molecular weight is 703 g/mol. The molecule has 54 heavy (non-hydrogen) atoms. The summed E-state index contributed by atoms with van der Waals surface area (Å²) >= 11 is 0. The first-order valence-corrected chi connectivity index (χ1v) is 19.4. The highest BCUT2D eigenvalue weighted by Gasteiger charge is 2.26. The molecular weight excluding hydrogens is 653 g/mol. The molecule has 0 unspecified atom stereocenters. The van der Waals surface area contributed by atoms with E-state index in [0.29, 0.717) is 0 Å². The molecular formula is C52H50N2. The van der Waals surface area contributed by atoms with Gasteiger partial charge in [-0.2, -0.15) is 0 Å². The lowest BCUT2D eigenvalue weighted by atomic mass is 9.80. The van der Waals surface area contributed by atoms with Crippen LogP contribution in [0.5, 0.6) is 0 Å². The van der Waals surface area contributed by atoms with Crippen molar-refractivity contribution in [2.24, 2.45) is 0 Å². The molecule has 0 amide bonds. The topological polar surface area (TPSA) is 8.17 Å². The van der Waals surface area contributed by atoms with Crippen LogP contribution in [0.25, 0.3) is 59.8 Å². The molecule has 0 aliphatic heterocycles. The Morgan fingerprint density at radius 1 is 0.389 bits per heavy atom. The Labute approximate surface area is 320 Å². The van der Waals surface area contributed by atoms with Gasteiger partial charge in [0.25, 0.3) is 0 Å². The Morgan fingerprint density at radius 2 is 0.870 bits per heavy atom. The standard InChI is InChI=1S/C52H50N2/c1-50(2,3)35-22-24-38(25-23-35)53(39-31-36(51(4,5)6)30-37(32-39)52(7,8)9)46-28-20-33-19-27-43-47(29-21-34-18-26-42(46)48(33)49(34)43)54-44-16-12-10-14-40(44)41-15-11-13-17-45(41)54/h10-32H,1-9H3. The summed E-state index contributed by atoms with van der Waals surface area (Å²) in [5, 5.41) is 10.2. The minimum Gasteiger partial charge on any atom is -0.310 e. The Balaban J connectivity index is 1.35. The summed E-state index contributed by atoms with van der Waals surface area (Å²) in [6.45, 7) is 20.8. The van der Waals surface area contributed by atoms with Crippen molar-refractivity contribution in [3.8, 4) is 5.69 Å². The van der Waals surface area contributed by atoms with E-state index < -0.39 is 0 Å². The smallest absolute Gasteiger partial charge is 0.0541 e. The number of benzene rings is 8. The van der Waals surface area contributed by atoms with Crippen LogP contribution < -0.4 is 4.90 Å². The molecule has 9 aromatic rings. The first-order chi connectivity index (χ1) is 25.7. The van der Waals surface area contributed by atoms with Crippen molar-refractivity contribution in [2.75, 3.05) is 4.90 Å². The van der Waals surface area contributed by atoms with Crippen molar-refractivity contribution in [2.45, 2.75) is 78.6 Å². The van der Waals surface area contributed by atoms with E-state index in [9.17, 15) is 0 Å². The molecule has 0 bridgehead atoms. The van der Waals surface area contributed by atoms with Crippen molar-refractivity contribution >= 4 is 71.2 Å². The molecule has 0 fully saturated rings. The third-order valence-corrected chi connectivity index (χ3v) is 11.6. The van der Waals surface area contributed by atoms with Crippen LogP contribution in [0.3, 0.4) is 0 Å². The van der Waals surface area contributed by atoms with Gasteiger partial charge in [-0.15, -0.1) is 0 Å². The van der Waals surface area contributed by atoms with Crippen LogP contribution in [0, 0.1) is 0 Å². The monoisotopic (exact) mass is 702 g/mol. The van der Waals surface area contributed by atoms with Gasteiger partial charge in [-0.05, 0) is 103 Å². The van der Waals surface area contributed by atoms with Crippen LogP contribution >= 0.6 is 0 Å². The fraction of sp³-hybridized carbons (Fsp3) is 0.231. The van der Waals surface area contributed by atoms with Gasteiger partial charge in [0.15, 0.2) is 0 Å². The van der Waals surface area contributed by atoms with Gasteiger partial charge in [0.2, 0.25) is 0 Å². The number of fused-ring (bicyclic) bond motifs is 3. The van der Waals surface area contributed by atoms with Gasteiger partial charge < -0.3 is 9.47 Å². The molecule has 0 atom stereocenters. The summed E-state index contributed by atoms with van der Waals surface area (Å²) in [6, 6.07) is 52.8. The number of rotatable bonds is 4. The fourth-order valence-corrected chi connectivity index (χ4v) is 8.49. The van der Waals surface area contributed by atoms with Gasteiger partial charge in [-0.25, -0.2) is 0 Å². The molecule has 0 saturated carbocycles. The highest BCUT2D eigenvalue weighted by Crippen LogP contribution is 2.47. The zero-order chi connectivity index (χ0) is 37.7. The van der Waals surface area contributed by atoms with Gasteiger partial charge >= 0.3 is 0 Å². The van der Waals surface area contributed by atoms with E-state index in [0.717, 1.165) is 5.69 Å². The largest absolute Gasteiger partial charge is 0.310 e. The normalized spacial score (nSPS) is 12.9. The zero-order valence-electron chi connectivity index (χ0n) is 33.2. The van der Waals surface area contributed by atoms with Crippen LogP contribution in [0.4, 0.5) is 17.1 Å². The molecule has 0 aliphatic rings. The number of hydrogen-bond acceptors (Lipinski definition) is 1. The summed E-state index contributed by atoms with van der Waals surface area (Å²) in [4.78, 5) is 2.51. The predicted molar refractivity (Wildman–Crippen MR) is 235 cm³/mol. The maximum Gasteiger partial charge on any atom is 0.0541 e. The quantitative estimate of drug-likeness (QED) is 0.166. The van der Waals surface area contributed by atoms with E-state index in [1.807, 2.05) is 0 Å². The Morgan fingerprint density at radius 3 is 1.43 bits per heavy atom. The van der Waals surface area contributed by atoms with Crippen LogP contribution in [-0.2, 0) is 16.2 Å². The highest BCUT2D eigenvalue weighted by atomic mass is 15.1. The van der Waals surface area contributed by atoms with Crippen molar-refractivity contribution in [3.05, 3.63) is 156 Å². The molecule has 1 aromatic heterocycles. The first-order valence-electron chi connectivity index (χ1n) is 19.4. The zero-order valence-corrected chi connectivity index (χ0v) is 33.2. The lowest BCUT2D eigenvalue weighted by Crippen LogP contribution is -2.19. The summed E-state index contributed by atoms with van der Waals surface area (Å²) < 4.78 is 2.46. The van der Waals surface area contributed by atoms with Gasteiger partial charge in [0.1, 0.15) is 0 Å². The molecule has 0 N–H and O–H groups in total. The second-order valence-corrected chi connectivity index (χ2v) is 18.4. The van der Waals surface area contributed by atoms with E-state index in [1.54, 1.807) is 0 Å². The van der Waals surface area contributed by atoms with E-state index in [4.69, 9.17) is 0 Å². The van der Waals surface area contributed by atoms with Crippen LogP contribution in [0.1, 0.15) is 79.0 Å². The summed E-state index contributed by atoms with van der Waals surface area (Å²) in [6.07, 6.45) is 0. The second-order valence-electron chi connectivity index (χ2n) is 18.4. The third kappa shape index (κ3) is 5.46. The average Bonchev–Trinajstić information content (AvgIpc) is 3.47. The van der Waals surface area contributed by atoms with Crippen LogP contribution in [0.15, 0.2) is 140 Å². The molecule has 0 aliphatic carbocycles. The first kappa shape index (κ1) is 34.2. The number of hydrogen-bond donors (Lipinski definition) is 0.